The van der Waals surface area contributed by atoms with Gasteiger partial charge in [0, 0.05) is 6.04 Å². The molecule has 1 aliphatic heterocycles. The Kier molecular flexibility index (Phi) is 4.76. The summed E-state index contributed by atoms with van der Waals surface area (Å²) >= 11 is 0. The lowest BCUT2D eigenvalue weighted by atomic mass is 10.1. The van der Waals surface area contributed by atoms with Crippen LogP contribution in [0.1, 0.15) is 54.4 Å². The summed E-state index contributed by atoms with van der Waals surface area (Å²) in [5.74, 6) is -0.192. The second kappa shape index (κ2) is 6.15. The summed E-state index contributed by atoms with van der Waals surface area (Å²) in [6.07, 6.45) is 4.82. The van der Waals surface area contributed by atoms with Gasteiger partial charge < -0.3 is 14.8 Å². The van der Waals surface area contributed by atoms with Crippen molar-refractivity contribution in [1.82, 2.24) is 10.2 Å². The van der Waals surface area contributed by atoms with E-state index in [0.717, 1.165) is 12.8 Å². The van der Waals surface area contributed by atoms with E-state index in [-0.39, 0.29) is 11.9 Å². The molecule has 1 N–H and O–H groups in total. The Bertz CT molecular complexity index is 499. The summed E-state index contributed by atoms with van der Waals surface area (Å²) in [5, 5.41) is 3.01. The van der Waals surface area contributed by atoms with Crippen LogP contribution in [0.2, 0.25) is 0 Å². The number of hydrogen-bond acceptors (Lipinski definition) is 4. The van der Waals surface area contributed by atoms with Crippen molar-refractivity contribution in [1.29, 1.82) is 0 Å². The molecule has 1 saturated heterocycles. The number of nitrogens with zero attached hydrogens (tertiary/aromatic N) is 1. The van der Waals surface area contributed by atoms with Gasteiger partial charge in [0.05, 0.1) is 6.10 Å². The Balaban J connectivity index is 2.16. The van der Waals surface area contributed by atoms with Gasteiger partial charge in [0.1, 0.15) is 17.4 Å². The van der Waals surface area contributed by atoms with Gasteiger partial charge in [-0.05, 0) is 54.4 Å². The lowest BCUT2D eigenvalue weighted by Crippen LogP contribution is -2.56. The van der Waals surface area contributed by atoms with Crippen molar-refractivity contribution >= 4 is 12.0 Å². The largest absolute Gasteiger partial charge is 0.444 e. The average Bonchev–Trinajstić information content (AvgIpc) is 2.91. The minimum Gasteiger partial charge on any atom is -0.444 e. The fourth-order valence-corrected chi connectivity index (χ4v) is 3.12. The Morgan fingerprint density at radius 2 is 1.83 bits per heavy atom. The number of amides is 2. The van der Waals surface area contributed by atoms with Crippen LogP contribution >= 0.6 is 0 Å². The molecule has 0 bridgehead atoms. The highest BCUT2D eigenvalue weighted by Crippen LogP contribution is 2.34. The topological polar surface area (TPSA) is 67.9 Å². The molecule has 2 rings (SSSR count). The van der Waals surface area contributed by atoms with Crippen molar-refractivity contribution in [3.05, 3.63) is 12.2 Å². The summed E-state index contributed by atoms with van der Waals surface area (Å²) in [6.45, 7) is 10.8. The number of carbonyl (C=O) groups is 2. The number of rotatable bonds is 2. The first-order valence-corrected chi connectivity index (χ1v) is 8.17. The van der Waals surface area contributed by atoms with Crippen molar-refractivity contribution < 1.29 is 19.1 Å². The van der Waals surface area contributed by atoms with E-state index in [4.69, 9.17) is 9.47 Å². The molecular weight excluding hydrogens is 296 g/mol. The summed E-state index contributed by atoms with van der Waals surface area (Å²) in [4.78, 5) is 26.7. The van der Waals surface area contributed by atoms with E-state index in [2.05, 4.69) is 17.5 Å². The van der Waals surface area contributed by atoms with Crippen LogP contribution in [0.15, 0.2) is 12.2 Å². The molecule has 1 heterocycles. The molecule has 0 unspecified atom stereocenters. The van der Waals surface area contributed by atoms with Gasteiger partial charge in [-0.2, -0.15) is 0 Å². The third kappa shape index (κ3) is 4.05. The Hall–Kier alpha value is -1.56. The van der Waals surface area contributed by atoms with Gasteiger partial charge in [0.2, 0.25) is 5.91 Å². The number of carbonyl (C=O) groups excluding carboxylic acids is 2. The highest BCUT2D eigenvalue weighted by atomic mass is 16.6. The van der Waals surface area contributed by atoms with Crippen LogP contribution in [0.3, 0.4) is 0 Å². The molecule has 130 valence electrons. The van der Waals surface area contributed by atoms with Crippen molar-refractivity contribution in [2.24, 2.45) is 0 Å². The van der Waals surface area contributed by atoms with Crippen molar-refractivity contribution in [3.8, 4) is 0 Å². The summed E-state index contributed by atoms with van der Waals surface area (Å²) in [5.41, 5.74) is -1.52. The minimum atomic E-state index is -0.891. The second-order valence-electron chi connectivity index (χ2n) is 7.71. The van der Waals surface area contributed by atoms with Crippen LogP contribution in [0.5, 0.6) is 0 Å². The minimum absolute atomic E-state index is 0.0962. The number of nitrogens with one attached hydrogen (secondary N) is 1. The molecule has 6 heteroatoms. The third-order valence-electron chi connectivity index (χ3n) is 3.99. The van der Waals surface area contributed by atoms with Crippen LogP contribution in [-0.2, 0) is 14.3 Å². The predicted molar refractivity (Wildman–Crippen MR) is 86.8 cm³/mol. The molecule has 0 aromatic rings. The Morgan fingerprint density at radius 1 is 1.26 bits per heavy atom. The van der Waals surface area contributed by atoms with Crippen LogP contribution in [0.25, 0.3) is 0 Å². The van der Waals surface area contributed by atoms with Crippen LogP contribution in [0.4, 0.5) is 4.79 Å². The SMILES string of the molecule is C[C@H]1OC(C)(C)N(C(=O)OC(C)(C)C)[C@H]1C(=O)NC1CC=CC1. The highest BCUT2D eigenvalue weighted by molar-refractivity contribution is 5.87. The fourth-order valence-electron chi connectivity index (χ4n) is 3.12. The predicted octanol–water partition coefficient (Wildman–Crippen LogP) is 2.58. The molecule has 0 spiro atoms. The average molecular weight is 324 g/mol. The van der Waals surface area contributed by atoms with E-state index in [1.165, 1.54) is 4.90 Å². The molecule has 2 aliphatic rings. The molecule has 0 aromatic carbocycles. The van der Waals surface area contributed by atoms with Gasteiger partial charge in [0.15, 0.2) is 0 Å². The molecule has 23 heavy (non-hydrogen) atoms. The Morgan fingerprint density at radius 3 is 2.35 bits per heavy atom. The van der Waals surface area contributed by atoms with Gasteiger partial charge in [-0.3, -0.25) is 9.69 Å². The van der Waals surface area contributed by atoms with Crippen molar-refractivity contribution in [3.63, 3.8) is 0 Å². The molecule has 2 amide bonds. The van der Waals surface area contributed by atoms with Gasteiger partial charge in [-0.1, -0.05) is 12.2 Å². The molecular formula is C17H28N2O4. The van der Waals surface area contributed by atoms with E-state index in [0.29, 0.717) is 0 Å². The van der Waals surface area contributed by atoms with E-state index < -0.39 is 29.6 Å². The number of hydrogen-bond donors (Lipinski definition) is 1. The summed E-state index contributed by atoms with van der Waals surface area (Å²) in [7, 11) is 0. The maximum Gasteiger partial charge on any atom is 0.413 e. The zero-order valence-electron chi connectivity index (χ0n) is 14.9. The zero-order valence-corrected chi connectivity index (χ0v) is 14.9. The maximum atomic E-state index is 12.7. The standard InChI is InChI=1S/C17H28N2O4/c1-11-13(14(20)18-12-9-7-8-10-12)19(17(5,6)22-11)15(21)23-16(2,3)4/h7-8,11-13H,9-10H2,1-6H3,(H,18,20)/t11-,13-/m1/s1. The van der Waals surface area contributed by atoms with Crippen molar-refractivity contribution in [2.75, 3.05) is 0 Å². The first-order valence-electron chi connectivity index (χ1n) is 8.17. The molecule has 6 nitrogen and oxygen atoms in total. The second-order valence-corrected chi connectivity index (χ2v) is 7.71. The van der Waals surface area contributed by atoms with Gasteiger partial charge in [0.25, 0.3) is 0 Å². The smallest absolute Gasteiger partial charge is 0.413 e. The molecule has 1 aliphatic carbocycles. The molecule has 1 fully saturated rings. The van der Waals surface area contributed by atoms with E-state index in [1.54, 1.807) is 34.6 Å². The summed E-state index contributed by atoms with van der Waals surface area (Å²) in [6, 6.07) is -0.598. The first kappa shape index (κ1) is 17.8. The van der Waals surface area contributed by atoms with Crippen LogP contribution < -0.4 is 5.32 Å². The van der Waals surface area contributed by atoms with E-state index in [1.807, 2.05) is 6.92 Å². The lowest BCUT2D eigenvalue weighted by Gasteiger charge is -2.34. The van der Waals surface area contributed by atoms with Crippen LogP contribution in [0, 0.1) is 0 Å². The lowest BCUT2D eigenvalue weighted by molar-refractivity contribution is -0.127. The summed E-state index contributed by atoms with van der Waals surface area (Å²) < 4.78 is 11.3. The quantitative estimate of drug-likeness (QED) is 0.793. The van der Waals surface area contributed by atoms with Crippen LogP contribution in [-0.4, -0.2) is 46.4 Å². The first-order chi connectivity index (χ1) is 10.5. The third-order valence-corrected chi connectivity index (χ3v) is 3.99. The zero-order chi connectivity index (χ0) is 17.4. The molecule has 0 aromatic heterocycles. The maximum absolute atomic E-state index is 12.7. The van der Waals surface area contributed by atoms with Gasteiger partial charge >= 0.3 is 6.09 Å². The Labute approximate surface area is 138 Å². The number of ether oxygens (including phenoxy) is 2. The molecule has 0 radical (unpaired) electrons. The highest BCUT2D eigenvalue weighted by Gasteiger charge is 2.52. The van der Waals surface area contributed by atoms with Gasteiger partial charge in [-0.25, -0.2) is 4.79 Å². The monoisotopic (exact) mass is 324 g/mol. The molecule has 2 atom stereocenters. The van der Waals surface area contributed by atoms with Crippen molar-refractivity contribution in [2.45, 2.75) is 83.9 Å². The van der Waals surface area contributed by atoms with E-state index in [9.17, 15) is 9.59 Å². The molecule has 0 saturated carbocycles. The normalized spacial score (nSPS) is 27.3. The van der Waals surface area contributed by atoms with Gasteiger partial charge in [-0.15, -0.1) is 0 Å². The van der Waals surface area contributed by atoms with E-state index >= 15 is 0 Å². The fraction of sp³-hybridized carbons (Fsp3) is 0.765.